The average Bonchev–Trinajstić information content (AvgIpc) is 2.61. The maximum Gasteiger partial charge on any atom is 0.206 e. The fraction of sp³-hybridized carbons (Fsp3) is 0.368. The van der Waals surface area contributed by atoms with E-state index < -0.39 is 21.5 Å². The zero-order chi connectivity index (χ0) is 18.7. The molecule has 0 spiro atoms. The van der Waals surface area contributed by atoms with Gasteiger partial charge in [0.25, 0.3) is 0 Å². The molecule has 2 aromatic rings. The van der Waals surface area contributed by atoms with Gasteiger partial charge in [-0.3, -0.25) is 0 Å². The average molecular weight is 381 g/mol. The van der Waals surface area contributed by atoms with Crippen molar-refractivity contribution in [1.29, 1.82) is 0 Å². The minimum Gasteiger partial charge on any atom is -0.395 e. The highest BCUT2D eigenvalue weighted by Gasteiger charge is 2.27. The molecule has 1 aliphatic carbocycles. The zero-order valence-corrected chi connectivity index (χ0v) is 15.0. The van der Waals surface area contributed by atoms with Gasteiger partial charge < -0.3 is 10.4 Å². The number of hydrogen-bond acceptors (Lipinski definition) is 4. The van der Waals surface area contributed by atoms with Gasteiger partial charge >= 0.3 is 0 Å². The first kappa shape index (κ1) is 18.9. The van der Waals surface area contributed by atoms with E-state index in [2.05, 4.69) is 5.32 Å². The molecule has 0 radical (unpaired) electrons. The first-order valence-corrected chi connectivity index (χ1v) is 10.1. The van der Waals surface area contributed by atoms with Crippen molar-refractivity contribution in [2.24, 2.45) is 0 Å². The minimum atomic E-state index is -3.98. The SMILES string of the molecule is O=S(=O)(c1cccc(F)c1)c1cc(F)c2c(c1)CCCC2CNCCO. The number of rotatable bonds is 6. The van der Waals surface area contributed by atoms with E-state index in [4.69, 9.17) is 5.11 Å². The van der Waals surface area contributed by atoms with E-state index in [-0.39, 0.29) is 22.3 Å². The van der Waals surface area contributed by atoms with Crippen LogP contribution < -0.4 is 5.32 Å². The molecule has 2 aromatic carbocycles. The molecule has 7 heteroatoms. The topological polar surface area (TPSA) is 66.4 Å². The summed E-state index contributed by atoms with van der Waals surface area (Å²) in [7, 11) is -3.98. The summed E-state index contributed by atoms with van der Waals surface area (Å²) in [6, 6.07) is 7.27. The predicted octanol–water partition coefficient (Wildman–Crippen LogP) is 2.80. The largest absolute Gasteiger partial charge is 0.395 e. The lowest BCUT2D eigenvalue weighted by atomic mass is 9.82. The molecule has 0 aliphatic heterocycles. The Bertz CT molecular complexity index is 900. The zero-order valence-electron chi connectivity index (χ0n) is 14.2. The molecule has 0 saturated heterocycles. The van der Waals surface area contributed by atoms with E-state index in [1.165, 1.54) is 18.2 Å². The monoisotopic (exact) mass is 381 g/mol. The standard InChI is InChI=1S/C19H21F2NO3S/c20-15-5-2-6-16(10-15)26(24,25)17-9-13-3-1-4-14(12-22-7-8-23)19(13)18(21)11-17/h2,5-6,9-11,14,22-23H,1,3-4,7-8,12H2. The van der Waals surface area contributed by atoms with Crippen molar-refractivity contribution in [2.45, 2.75) is 35.0 Å². The van der Waals surface area contributed by atoms with Crippen LogP contribution in [0.1, 0.15) is 29.9 Å². The van der Waals surface area contributed by atoms with Crippen LogP contribution >= 0.6 is 0 Å². The second-order valence-electron chi connectivity index (χ2n) is 6.46. The van der Waals surface area contributed by atoms with E-state index in [1.807, 2.05) is 0 Å². The lowest BCUT2D eigenvalue weighted by Gasteiger charge is -2.27. The highest BCUT2D eigenvalue weighted by molar-refractivity contribution is 7.91. The maximum atomic E-state index is 14.8. The molecule has 0 bridgehead atoms. The molecule has 140 valence electrons. The second kappa shape index (κ2) is 7.82. The first-order chi connectivity index (χ1) is 12.4. The predicted molar refractivity (Wildman–Crippen MR) is 93.9 cm³/mol. The van der Waals surface area contributed by atoms with Crippen molar-refractivity contribution < 1.29 is 22.3 Å². The third-order valence-electron chi connectivity index (χ3n) is 4.69. The summed E-state index contributed by atoms with van der Waals surface area (Å²) in [4.78, 5) is -0.336. The Morgan fingerprint density at radius 2 is 1.96 bits per heavy atom. The van der Waals surface area contributed by atoms with Crippen molar-refractivity contribution in [3.8, 4) is 0 Å². The van der Waals surface area contributed by atoms with E-state index in [9.17, 15) is 17.2 Å². The van der Waals surface area contributed by atoms with Crippen LogP contribution in [0.5, 0.6) is 0 Å². The van der Waals surface area contributed by atoms with Gasteiger partial charge in [0.15, 0.2) is 0 Å². The van der Waals surface area contributed by atoms with Crippen LogP contribution in [0.15, 0.2) is 46.2 Å². The Morgan fingerprint density at radius 1 is 1.15 bits per heavy atom. The van der Waals surface area contributed by atoms with Gasteiger partial charge in [-0.05, 0) is 66.6 Å². The Balaban J connectivity index is 1.98. The van der Waals surface area contributed by atoms with Gasteiger partial charge in [-0.2, -0.15) is 0 Å². The molecule has 1 atom stereocenters. The number of aryl methyl sites for hydroxylation is 1. The quantitative estimate of drug-likeness (QED) is 0.755. The summed E-state index contributed by atoms with van der Waals surface area (Å²) in [6.07, 6.45) is 2.25. The Hall–Kier alpha value is -1.83. The van der Waals surface area contributed by atoms with E-state index in [0.29, 0.717) is 30.6 Å². The maximum absolute atomic E-state index is 14.8. The number of hydrogen-bond donors (Lipinski definition) is 2. The van der Waals surface area contributed by atoms with Crippen molar-refractivity contribution in [1.82, 2.24) is 5.32 Å². The van der Waals surface area contributed by atoms with Gasteiger partial charge in [0.05, 0.1) is 16.4 Å². The first-order valence-electron chi connectivity index (χ1n) is 8.58. The molecule has 0 amide bonds. The van der Waals surface area contributed by atoms with Crippen molar-refractivity contribution >= 4 is 9.84 Å². The fourth-order valence-electron chi connectivity index (χ4n) is 3.48. The van der Waals surface area contributed by atoms with Gasteiger partial charge in [0, 0.05) is 13.1 Å². The summed E-state index contributed by atoms with van der Waals surface area (Å²) < 4.78 is 53.7. The third kappa shape index (κ3) is 3.79. The molecule has 0 saturated carbocycles. The molecule has 1 unspecified atom stereocenters. The van der Waals surface area contributed by atoms with E-state index >= 15 is 0 Å². The normalized spacial score (nSPS) is 17.1. The second-order valence-corrected chi connectivity index (χ2v) is 8.41. The van der Waals surface area contributed by atoms with Gasteiger partial charge in [0.1, 0.15) is 11.6 Å². The molecule has 3 rings (SSSR count). The van der Waals surface area contributed by atoms with Crippen LogP contribution in [0, 0.1) is 11.6 Å². The Morgan fingerprint density at radius 3 is 2.69 bits per heavy atom. The van der Waals surface area contributed by atoms with Gasteiger partial charge in [-0.1, -0.05) is 6.07 Å². The highest BCUT2D eigenvalue weighted by atomic mass is 32.2. The van der Waals surface area contributed by atoms with Crippen LogP contribution in [-0.2, 0) is 16.3 Å². The Kier molecular flexibility index (Phi) is 5.70. The van der Waals surface area contributed by atoms with E-state index in [1.54, 1.807) is 0 Å². The molecule has 0 fully saturated rings. The van der Waals surface area contributed by atoms with Crippen LogP contribution in [0.2, 0.25) is 0 Å². The highest BCUT2D eigenvalue weighted by Crippen LogP contribution is 2.36. The number of nitrogens with one attached hydrogen (secondary N) is 1. The van der Waals surface area contributed by atoms with Crippen LogP contribution in [-0.4, -0.2) is 33.2 Å². The lowest BCUT2D eigenvalue weighted by Crippen LogP contribution is -2.27. The van der Waals surface area contributed by atoms with Gasteiger partial charge in [-0.25, -0.2) is 17.2 Å². The number of sulfone groups is 1. The molecular formula is C19H21F2NO3S. The molecule has 4 nitrogen and oxygen atoms in total. The summed E-state index contributed by atoms with van der Waals surface area (Å²) in [5.74, 6) is -1.26. The van der Waals surface area contributed by atoms with Crippen LogP contribution in [0.3, 0.4) is 0 Å². The van der Waals surface area contributed by atoms with Crippen LogP contribution in [0.25, 0.3) is 0 Å². The number of aliphatic hydroxyl groups excluding tert-OH is 1. The van der Waals surface area contributed by atoms with E-state index in [0.717, 1.165) is 31.0 Å². The fourth-order valence-corrected chi connectivity index (χ4v) is 4.83. The Labute approximate surface area is 151 Å². The number of aliphatic hydroxyl groups is 1. The molecule has 26 heavy (non-hydrogen) atoms. The molecule has 1 aliphatic rings. The van der Waals surface area contributed by atoms with Crippen LogP contribution in [0.4, 0.5) is 8.78 Å². The molecule has 0 aromatic heterocycles. The number of benzene rings is 2. The third-order valence-corrected chi connectivity index (χ3v) is 6.42. The molecular weight excluding hydrogens is 360 g/mol. The summed E-state index contributed by atoms with van der Waals surface area (Å²) in [5, 5.41) is 11.9. The van der Waals surface area contributed by atoms with Gasteiger partial charge in [-0.15, -0.1) is 0 Å². The smallest absolute Gasteiger partial charge is 0.206 e. The summed E-state index contributed by atoms with van der Waals surface area (Å²) in [6.45, 7) is 0.965. The number of fused-ring (bicyclic) bond motifs is 1. The number of halogens is 2. The van der Waals surface area contributed by atoms with Crippen molar-refractivity contribution in [3.05, 3.63) is 59.2 Å². The van der Waals surface area contributed by atoms with Crippen molar-refractivity contribution in [3.63, 3.8) is 0 Å². The molecule has 0 heterocycles. The lowest BCUT2D eigenvalue weighted by molar-refractivity contribution is 0.289. The minimum absolute atomic E-state index is 0.00682. The van der Waals surface area contributed by atoms with Crippen molar-refractivity contribution in [2.75, 3.05) is 19.7 Å². The van der Waals surface area contributed by atoms with Gasteiger partial charge in [0.2, 0.25) is 9.84 Å². The summed E-state index contributed by atoms with van der Waals surface area (Å²) >= 11 is 0. The molecule has 2 N–H and O–H groups in total. The summed E-state index contributed by atoms with van der Waals surface area (Å²) in [5.41, 5.74) is 1.22.